The Kier molecular flexibility index (Phi) is 5.87. The summed E-state index contributed by atoms with van der Waals surface area (Å²) in [6.45, 7) is 2.08. The molecule has 1 N–H and O–H groups in total. The van der Waals surface area contributed by atoms with Gasteiger partial charge in [0, 0.05) is 36.5 Å². The van der Waals surface area contributed by atoms with E-state index in [-0.39, 0.29) is 17.2 Å². The predicted octanol–water partition coefficient (Wildman–Crippen LogP) is 2.91. The Balaban J connectivity index is 1.57. The van der Waals surface area contributed by atoms with E-state index in [1.54, 1.807) is 29.2 Å². The molecule has 0 spiro atoms. The summed E-state index contributed by atoms with van der Waals surface area (Å²) in [4.78, 5) is 48.0. The molecule has 9 heteroatoms. The highest BCUT2D eigenvalue weighted by Gasteiger charge is 2.23. The van der Waals surface area contributed by atoms with Crippen LogP contribution in [-0.4, -0.2) is 35.4 Å². The normalized spacial score (nSPS) is 14.4. The Morgan fingerprint density at radius 2 is 1.79 bits per heavy atom. The van der Waals surface area contributed by atoms with Crippen LogP contribution in [0.25, 0.3) is 0 Å². The zero-order chi connectivity index (χ0) is 21.0. The molecule has 0 unspecified atom stereocenters. The van der Waals surface area contributed by atoms with Gasteiger partial charge in [0.05, 0.1) is 10.5 Å². The van der Waals surface area contributed by atoms with Gasteiger partial charge in [0.2, 0.25) is 5.91 Å². The number of hydrogen-bond acceptors (Lipinski definition) is 6. The number of rotatable bonds is 6. The molecule has 1 aliphatic rings. The van der Waals surface area contributed by atoms with Crippen LogP contribution in [0.15, 0.2) is 48.5 Å². The van der Waals surface area contributed by atoms with Crippen LogP contribution in [0.5, 0.6) is 0 Å². The van der Waals surface area contributed by atoms with Crippen molar-refractivity contribution in [3.8, 4) is 0 Å². The molecule has 2 aromatic rings. The molecule has 0 radical (unpaired) electrons. The summed E-state index contributed by atoms with van der Waals surface area (Å²) >= 11 is 0. The Morgan fingerprint density at radius 3 is 2.34 bits per heavy atom. The molecule has 1 fully saturated rings. The molecule has 1 heterocycles. The van der Waals surface area contributed by atoms with Gasteiger partial charge in [0.15, 0.2) is 6.10 Å². The third kappa shape index (κ3) is 4.75. The van der Waals surface area contributed by atoms with E-state index in [0.717, 1.165) is 6.42 Å². The van der Waals surface area contributed by atoms with Crippen LogP contribution in [0.3, 0.4) is 0 Å². The number of esters is 1. The van der Waals surface area contributed by atoms with E-state index in [2.05, 4.69) is 5.32 Å². The molecule has 2 aromatic carbocycles. The third-order valence-corrected chi connectivity index (χ3v) is 4.49. The van der Waals surface area contributed by atoms with E-state index < -0.39 is 22.9 Å². The molecule has 1 atom stereocenters. The Labute approximate surface area is 166 Å². The fourth-order valence-electron chi connectivity index (χ4n) is 2.89. The van der Waals surface area contributed by atoms with Crippen LogP contribution in [0, 0.1) is 10.1 Å². The van der Waals surface area contributed by atoms with E-state index in [1.807, 2.05) is 0 Å². The second-order valence-electron chi connectivity index (χ2n) is 6.54. The van der Waals surface area contributed by atoms with Crippen molar-refractivity contribution < 1.29 is 24.0 Å². The lowest BCUT2D eigenvalue weighted by molar-refractivity contribution is -0.384. The van der Waals surface area contributed by atoms with Crippen molar-refractivity contribution in [2.45, 2.75) is 25.9 Å². The second-order valence-corrected chi connectivity index (χ2v) is 6.54. The molecule has 1 aliphatic heterocycles. The number of anilines is 2. The topological polar surface area (TPSA) is 119 Å². The minimum absolute atomic E-state index is 0.0527. The Hall–Kier alpha value is -3.75. The summed E-state index contributed by atoms with van der Waals surface area (Å²) < 4.78 is 5.18. The molecule has 0 saturated carbocycles. The van der Waals surface area contributed by atoms with E-state index >= 15 is 0 Å². The maximum atomic E-state index is 12.3. The quantitative estimate of drug-likeness (QED) is 0.455. The van der Waals surface area contributed by atoms with E-state index in [1.165, 1.54) is 31.2 Å². The number of non-ortho nitro benzene ring substituents is 1. The molecule has 2 amide bonds. The summed E-state index contributed by atoms with van der Waals surface area (Å²) in [6.07, 6.45) is 0.257. The predicted molar refractivity (Wildman–Crippen MR) is 105 cm³/mol. The first-order valence-electron chi connectivity index (χ1n) is 9.02. The maximum Gasteiger partial charge on any atom is 0.338 e. The molecule has 3 rings (SSSR count). The molecule has 0 aromatic heterocycles. The molecule has 0 aliphatic carbocycles. The molecular weight excluding hydrogens is 378 g/mol. The van der Waals surface area contributed by atoms with Gasteiger partial charge < -0.3 is 15.0 Å². The van der Waals surface area contributed by atoms with Gasteiger partial charge in [-0.3, -0.25) is 19.7 Å². The summed E-state index contributed by atoms with van der Waals surface area (Å²) in [5.74, 6) is -1.18. The largest absolute Gasteiger partial charge is 0.449 e. The minimum Gasteiger partial charge on any atom is -0.449 e. The first-order chi connectivity index (χ1) is 13.8. The monoisotopic (exact) mass is 397 g/mol. The number of carbonyl (C=O) groups is 3. The van der Waals surface area contributed by atoms with Gasteiger partial charge in [-0.1, -0.05) is 0 Å². The van der Waals surface area contributed by atoms with Crippen molar-refractivity contribution in [1.82, 2.24) is 0 Å². The number of hydrogen-bond donors (Lipinski definition) is 1. The zero-order valence-electron chi connectivity index (χ0n) is 15.7. The number of benzene rings is 2. The fraction of sp³-hybridized carbons (Fsp3) is 0.250. The lowest BCUT2D eigenvalue weighted by atomic mass is 10.2. The number of nitrogens with one attached hydrogen (secondary N) is 1. The van der Waals surface area contributed by atoms with Crippen LogP contribution in [0.1, 0.15) is 30.1 Å². The minimum atomic E-state index is -1.07. The van der Waals surface area contributed by atoms with E-state index in [0.29, 0.717) is 24.3 Å². The Morgan fingerprint density at radius 1 is 1.14 bits per heavy atom. The molecular formula is C20H19N3O6. The molecule has 0 bridgehead atoms. The van der Waals surface area contributed by atoms with Gasteiger partial charge in [0.25, 0.3) is 11.6 Å². The lowest BCUT2D eigenvalue weighted by Gasteiger charge is -2.16. The standard InChI is InChI=1S/C20H19N3O6/c1-13(19(25)21-15-6-10-17(11-7-15)23(27)28)29-20(26)14-4-8-16(9-5-14)22-12-2-3-18(22)24/h4-11,13H,2-3,12H2,1H3,(H,21,25)/t13-/m1/s1. The van der Waals surface area contributed by atoms with E-state index in [4.69, 9.17) is 4.74 Å². The number of nitro groups is 1. The van der Waals surface area contributed by atoms with Gasteiger partial charge in [-0.2, -0.15) is 0 Å². The average Bonchev–Trinajstić information content (AvgIpc) is 3.14. The molecule has 1 saturated heterocycles. The van der Waals surface area contributed by atoms with Gasteiger partial charge in [-0.25, -0.2) is 4.79 Å². The highest BCUT2D eigenvalue weighted by molar-refractivity contribution is 5.98. The number of amides is 2. The smallest absolute Gasteiger partial charge is 0.338 e. The van der Waals surface area contributed by atoms with Crippen LogP contribution >= 0.6 is 0 Å². The van der Waals surface area contributed by atoms with Crippen LogP contribution < -0.4 is 10.2 Å². The average molecular weight is 397 g/mol. The van der Waals surface area contributed by atoms with Crippen molar-refractivity contribution >= 4 is 34.8 Å². The maximum absolute atomic E-state index is 12.3. The first kappa shape index (κ1) is 20.0. The molecule has 150 valence electrons. The SMILES string of the molecule is C[C@@H](OC(=O)c1ccc(N2CCCC2=O)cc1)C(=O)Nc1ccc([N+](=O)[O-])cc1. The van der Waals surface area contributed by atoms with Gasteiger partial charge in [0.1, 0.15) is 0 Å². The third-order valence-electron chi connectivity index (χ3n) is 4.49. The summed E-state index contributed by atoms with van der Waals surface area (Å²) in [7, 11) is 0. The number of ether oxygens (including phenoxy) is 1. The molecule has 29 heavy (non-hydrogen) atoms. The van der Waals surface area contributed by atoms with Gasteiger partial charge in [-0.05, 0) is 49.7 Å². The highest BCUT2D eigenvalue weighted by atomic mass is 16.6. The van der Waals surface area contributed by atoms with Gasteiger partial charge in [-0.15, -0.1) is 0 Å². The lowest BCUT2D eigenvalue weighted by Crippen LogP contribution is -2.30. The molecule has 9 nitrogen and oxygen atoms in total. The second kappa shape index (κ2) is 8.51. The zero-order valence-corrected chi connectivity index (χ0v) is 15.7. The summed E-state index contributed by atoms with van der Waals surface area (Å²) in [6, 6.07) is 11.7. The van der Waals surface area contributed by atoms with Crippen molar-refractivity contribution in [3.63, 3.8) is 0 Å². The van der Waals surface area contributed by atoms with Crippen LogP contribution in [0.2, 0.25) is 0 Å². The highest BCUT2D eigenvalue weighted by Crippen LogP contribution is 2.22. The number of carbonyl (C=O) groups excluding carboxylic acids is 3. The summed E-state index contributed by atoms with van der Waals surface area (Å²) in [5.41, 5.74) is 1.23. The Bertz CT molecular complexity index is 940. The van der Waals surface area contributed by atoms with Crippen LogP contribution in [-0.2, 0) is 14.3 Å². The van der Waals surface area contributed by atoms with E-state index in [9.17, 15) is 24.5 Å². The number of nitro benzene ring substituents is 1. The first-order valence-corrected chi connectivity index (χ1v) is 9.02. The van der Waals surface area contributed by atoms with Crippen molar-refractivity contribution in [2.75, 3.05) is 16.8 Å². The van der Waals surface area contributed by atoms with Crippen molar-refractivity contribution in [3.05, 3.63) is 64.2 Å². The van der Waals surface area contributed by atoms with Crippen LogP contribution in [0.4, 0.5) is 17.1 Å². The van der Waals surface area contributed by atoms with Crippen molar-refractivity contribution in [2.24, 2.45) is 0 Å². The van der Waals surface area contributed by atoms with Crippen molar-refractivity contribution in [1.29, 1.82) is 0 Å². The summed E-state index contributed by atoms with van der Waals surface area (Å²) in [5, 5.41) is 13.2. The fourth-order valence-corrected chi connectivity index (χ4v) is 2.89. The van der Waals surface area contributed by atoms with Gasteiger partial charge >= 0.3 is 5.97 Å². The number of nitrogens with zero attached hydrogens (tertiary/aromatic N) is 2.